The molecule has 0 spiro atoms. The zero-order chi connectivity index (χ0) is 15.2. The van der Waals surface area contributed by atoms with Crippen molar-refractivity contribution in [1.29, 1.82) is 0 Å². The molecule has 1 N–H and O–H groups in total. The monoisotopic (exact) mass is 306 g/mol. The van der Waals surface area contributed by atoms with Gasteiger partial charge in [-0.1, -0.05) is 23.9 Å². The van der Waals surface area contributed by atoms with Gasteiger partial charge in [0.15, 0.2) is 5.16 Å². The number of aryl methyl sites for hydroxylation is 2. The number of nitrogens with zero attached hydrogens (tertiary/aromatic N) is 2. The number of aliphatic carboxylic acids is 1. The van der Waals surface area contributed by atoms with Gasteiger partial charge >= 0.3 is 5.97 Å². The van der Waals surface area contributed by atoms with E-state index >= 15 is 0 Å². The number of carboxylic acid groups (broad SMARTS) is 1. The fourth-order valence-corrected chi connectivity index (χ4v) is 2.76. The Morgan fingerprint density at radius 2 is 2.10 bits per heavy atom. The van der Waals surface area contributed by atoms with Crippen LogP contribution in [-0.4, -0.2) is 33.5 Å². The number of thioether (sulfide) groups is 1. The highest BCUT2D eigenvalue weighted by molar-refractivity contribution is 7.99. The molecule has 0 aliphatic heterocycles. The lowest BCUT2D eigenvalue weighted by atomic mass is 10.1. The Kier molecular flexibility index (Phi) is 5.27. The fourth-order valence-electron chi connectivity index (χ4n) is 1.99. The van der Waals surface area contributed by atoms with E-state index in [4.69, 9.17) is 9.84 Å². The molecule has 0 saturated carbocycles. The smallest absolute Gasteiger partial charge is 0.313 e. The molecule has 1 aromatic carbocycles. The SMILES string of the molecule is COc1ccc(CCn2c(C)cnc2SCC(=O)O)cc1. The molecule has 1 aromatic heterocycles. The van der Waals surface area contributed by atoms with E-state index in [1.807, 2.05) is 31.2 Å². The predicted octanol–water partition coefficient (Wildman–Crippen LogP) is 2.62. The summed E-state index contributed by atoms with van der Waals surface area (Å²) in [6, 6.07) is 7.96. The van der Waals surface area contributed by atoms with Crippen molar-refractivity contribution in [2.24, 2.45) is 0 Å². The van der Waals surface area contributed by atoms with Gasteiger partial charge in [0.25, 0.3) is 0 Å². The quantitative estimate of drug-likeness (QED) is 0.797. The zero-order valence-electron chi connectivity index (χ0n) is 12.1. The summed E-state index contributed by atoms with van der Waals surface area (Å²) < 4.78 is 7.19. The van der Waals surface area contributed by atoms with Crippen molar-refractivity contribution in [3.8, 4) is 5.75 Å². The minimum absolute atomic E-state index is 0.0268. The maximum absolute atomic E-state index is 10.7. The Morgan fingerprint density at radius 1 is 1.38 bits per heavy atom. The van der Waals surface area contributed by atoms with Crippen LogP contribution in [0.25, 0.3) is 0 Å². The zero-order valence-corrected chi connectivity index (χ0v) is 12.9. The van der Waals surface area contributed by atoms with Gasteiger partial charge in [0.1, 0.15) is 5.75 Å². The number of carbonyl (C=O) groups is 1. The molecular formula is C15H18N2O3S. The molecule has 0 fully saturated rings. The molecule has 2 aromatic rings. The summed E-state index contributed by atoms with van der Waals surface area (Å²) in [6.45, 7) is 2.76. The average molecular weight is 306 g/mol. The van der Waals surface area contributed by atoms with E-state index in [2.05, 4.69) is 9.55 Å². The van der Waals surface area contributed by atoms with Gasteiger partial charge in [-0.3, -0.25) is 4.79 Å². The Morgan fingerprint density at radius 3 is 2.71 bits per heavy atom. The topological polar surface area (TPSA) is 64.4 Å². The van der Waals surface area contributed by atoms with Crippen LogP contribution < -0.4 is 4.74 Å². The Bertz CT molecular complexity index is 608. The number of rotatable bonds is 7. The van der Waals surface area contributed by atoms with Crippen molar-refractivity contribution in [2.75, 3.05) is 12.9 Å². The lowest BCUT2D eigenvalue weighted by Crippen LogP contribution is -2.06. The molecular weight excluding hydrogens is 288 g/mol. The maximum atomic E-state index is 10.7. The highest BCUT2D eigenvalue weighted by atomic mass is 32.2. The van der Waals surface area contributed by atoms with Crippen LogP contribution in [0.1, 0.15) is 11.3 Å². The molecule has 1 heterocycles. The number of ether oxygens (including phenoxy) is 1. The van der Waals surface area contributed by atoms with Gasteiger partial charge in [-0.05, 0) is 31.0 Å². The van der Waals surface area contributed by atoms with Crippen LogP contribution in [0.2, 0.25) is 0 Å². The van der Waals surface area contributed by atoms with Crippen LogP contribution in [0.5, 0.6) is 5.75 Å². The highest BCUT2D eigenvalue weighted by Crippen LogP contribution is 2.19. The Hall–Kier alpha value is -1.95. The first-order valence-electron chi connectivity index (χ1n) is 6.60. The molecule has 0 saturated heterocycles. The van der Waals surface area contributed by atoms with Crippen LogP contribution in [0.15, 0.2) is 35.6 Å². The lowest BCUT2D eigenvalue weighted by Gasteiger charge is -2.09. The van der Waals surface area contributed by atoms with Crippen molar-refractivity contribution in [3.63, 3.8) is 0 Å². The summed E-state index contributed by atoms with van der Waals surface area (Å²) in [4.78, 5) is 14.9. The molecule has 0 unspecified atom stereocenters. The summed E-state index contributed by atoms with van der Waals surface area (Å²) in [7, 11) is 1.65. The van der Waals surface area contributed by atoms with Crippen LogP contribution in [-0.2, 0) is 17.8 Å². The van der Waals surface area contributed by atoms with E-state index in [9.17, 15) is 4.79 Å². The van der Waals surface area contributed by atoms with E-state index in [0.717, 1.165) is 29.6 Å². The average Bonchev–Trinajstić information content (AvgIpc) is 2.84. The lowest BCUT2D eigenvalue weighted by molar-refractivity contribution is -0.133. The van der Waals surface area contributed by atoms with Crippen LogP contribution >= 0.6 is 11.8 Å². The first kappa shape index (κ1) is 15.4. The summed E-state index contributed by atoms with van der Waals surface area (Å²) in [5.41, 5.74) is 2.24. The van der Waals surface area contributed by atoms with E-state index in [1.165, 1.54) is 17.3 Å². The highest BCUT2D eigenvalue weighted by Gasteiger charge is 2.09. The van der Waals surface area contributed by atoms with Gasteiger partial charge in [-0.15, -0.1) is 0 Å². The van der Waals surface area contributed by atoms with Crippen LogP contribution in [0.3, 0.4) is 0 Å². The van der Waals surface area contributed by atoms with Crippen LogP contribution in [0.4, 0.5) is 0 Å². The Labute approximate surface area is 128 Å². The number of carboxylic acids is 1. The minimum atomic E-state index is -0.831. The number of hydrogen-bond donors (Lipinski definition) is 1. The molecule has 0 aliphatic carbocycles. The molecule has 0 radical (unpaired) electrons. The summed E-state index contributed by atoms with van der Waals surface area (Å²) >= 11 is 1.25. The maximum Gasteiger partial charge on any atom is 0.313 e. The van der Waals surface area contributed by atoms with E-state index in [-0.39, 0.29) is 5.75 Å². The second-order valence-electron chi connectivity index (χ2n) is 4.61. The van der Waals surface area contributed by atoms with Gasteiger partial charge in [-0.2, -0.15) is 0 Å². The summed E-state index contributed by atoms with van der Waals surface area (Å²) in [5, 5.41) is 9.51. The molecule has 0 amide bonds. The number of imidazole rings is 1. The second kappa shape index (κ2) is 7.17. The number of benzene rings is 1. The molecule has 0 aliphatic rings. The fraction of sp³-hybridized carbons (Fsp3) is 0.333. The summed E-state index contributed by atoms with van der Waals surface area (Å²) in [6.07, 6.45) is 2.64. The molecule has 2 rings (SSSR count). The number of aromatic nitrogens is 2. The third-order valence-corrected chi connectivity index (χ3v) is 4.10. The van der Waals surface area contributed by atoms with E-state index in [1.54, 1.807) is 13.3 Å². The predicted molar refractivity (Wildman–Crippen MR) is 82.0 cm³/mol. The minimum Gasteiger partial charge on any atom is -0.497 e. The van der Waals surface area contributed by atoms with Crippen molar-refractivity contribution in [1.82, 2.24) is 9.55 Å². The van der Waals surface area contributed by atoms with Gasteiger partial charge in [0, 0.05) is 18.4 Å². The third kappa shape index (κ3) is 4.26. The molecule has 5 nitrogen and oxygen atoms in total. The van der Waals surface area contributed by atoms with Crippen molar-refractivity contribution < 1.29 is 14.6 Å². The van der Waals surface area contributed by atoms with Gasteiger partial charge < -0.3 is 14.4 Å². The molecule has 6 heteroatoms. The second-order valence-corrected chi connectivity index (χ2v) is 5.56. The normalized spacial score (nSPS) is 10.6. The Balaban J connectivity index is 2.01. The third-order valence-electron chi connectivity index (χ3n) is 3.13. The molecule has 0 bridgehead atoms. The van der Waals surface area contributed by atoms with Crippen molar-refractivity contribution >= 4 is 17.7 Å². The van der Waals surface area contributed by atoms with Gasteiger partial charge in [0.2, 0.25) is 0 Å². The van der Waals surface area contributed by atoms with Crippen LogP contribution in [0, 0.1) is 6.92 Å². The van der Waals surface area contributed by atoms with Crippen molar-refractivity contribution in [3.05, 3.63) is 41.7 Å². The molecule has 112 valence electrons. The first-order chi connectivity index (χ1) is 10.1. The largest absolute Gasteiger partial charge is 0.497 e. The molecule has 21 heavy (non-hydrogen) atoms. The van der Waals surface area contributed by atoms with Crippen molar-refractivity contribution in [2.45, 2.75) is 25.0 Å². The van der Waals surface area contributed by atoms with Gasteiger partial charge in [0.05, 0.1) is 12.9 Å². The standard InChI is InChI=1S/C15H18N2O3S/c1-11-9-16-15(21-10-14(18)19)17(11)8-7-12-3-5-13(20-2)6-4-12/h3-6,9H,7-8,10H2,1-2H3,(H,18,19). The van der Waals surface area contributed by atoms with E-state index in [0.29, 0.717) is 0 Å². The number of methoxy groups -OCH3 is 1. The number of hydrogen-bond acceptors (Lipinski definition) is 4. The van der Waals surface area contributed by atoms with Gasteiger partial charge in [-0.25, -0.2) is 4.98 Å². The first-order valence-corrected chi connectivity index (χ1v) is 7.58. The molecule has 0 atom stereocenters. The van der Waals surface area contributed by atoms with E-state index < -0.39 is 5.97 Å². The summed E-state index contributed by atoms with van der Waals surface area (Å²) in [5.74, 6) is 0.0385.